The lowest BCUT2D eigenvalue weighted by Gasteiger charge is -2.23. The molecule has 1 aromatic rings. The quantitative estimate of drug-likeness (QED) is 0.845. The Morgan fingerprint density at radius 3 is 2.91 bits per heavy atom. The van der Waals surface area contributed by atoms with Gasteiger partial charge < -0.3 is 15.4 Å². The van der Waals surface area contributed by atoms with Gasteiger partial charge in [-0.1, -0.05) is 6.42 Å². The first-order valence-corrected chi connectivity index (χ1v) is 8.76. The highest BCUT2D eigenvalue weighted by Gasteiger charge is 2.14. The summed E-state index contributed by atoms with van der Waals surface area (Å²) >= 11 is 0. The lowest BCUT2D eigenvalue weighted by Crippen LogP contribution is -2.34. The minimum atomic E-state index is 0.669. The van der Waals surface area contributed by atoms with Gasteiger partial charge in [-0.15, -0.1) is 0 Å². The maximum Gasteiger partial charge on any atom is 0.129 e. The Morgan fingerprint density at radius 2 is 2.09 bits per heavy atom. The van der Waals surface area contributed by atoms with Crippen molar-refractivity contribution in [2.24, 2.45) is 5.92 Å². The van der Waals surface area contributed by atoms with E-state index in [0.29, 0.717) is 12.0 Å². The van der Waals surface area contributed by atoms with E-state index in [4.69, 9.17) is 4.74 Å². The summed E-state index contributed by atoms with van der Waals surface area (Å²) in [6, 6.07) is 2.78. The fraction of sp³-hybridized carbons (Fsp3) is 0.765. The lowest BCUT2D eigenvalue weighted by molar-refractivity contribution is 0.0699. The Morgan fingerprint density at radius 1 is 1.18 bits per heavy atom. The van der Waals surface area contributed by atoms with Gasteiger partial charge in [-0.3, -0.25) is 0 Å². The van der Waals surface area contributed by atoms with Crippen LogP contribution in [0.5, 0.6) is 0 Å². The van der Waals surface area contributed by atoms with Crippen molar-refractivity contribution in [3.05, 3.63) is 18.1 Å². The molecular weight excluding hydrogens is 276 g/mol. The number of aromatic nitrogens is 2. The topological polar surface area (TPSA) is 59.1 Å². The number of hydrogen-bond donors (Lipinski definition) is 2. The molecule has 1 atom stereocenters. The Hall–Kier alpha value is -1.20. The van der Waals surface area contributed by atoms with E-state index in [2.05, 4.69) is 26.7 Å². The van der Waals surface area contributed by atoms with Crippen molar-refractivity contribution in [2.75, 3.05) is 31.6 Å². The molecule has 0 saturated carbocycles. The molecule has 0 unspecified atom stereocenters. The number of nitrogens with one attached hydrogen (secondary N) is 2. The molecule has 3 rings (SSSR count). The van der Waals surface area contributed by atoms with Crippen LogP contribution in [0.1, 0.15) is 44.2 Å². The zero-order valence-corrected chi connectivity index (χ0v) is 13.4. The Labute approximate surface area is 133 Å². The van der Waals surface area contributed by atoms with Crippen molar-refractivity contribution in [3.63, 3.8) is 0 Å². The highest BCUT2D eigenvalue weighted by molar-refractivity contribution is 5.34. The Bertz CT molecular complexity index is 405. The minimum absolute atomic E-state index is 0.669. The van der Waals surface area contributed by atoms with Crippen molar-refractivity contribution < 1.29 is 4.74 Å². The second-order valence-electron chi connectivity index (χ2n) is 6.52. The van der Waals surface area contributed by atoms with Gasteiger partial charge in [-0.25, -0.2) is 9.97 Å². The van der Waals surface area contributed by atoms with E-state index in [9.17, 15) is 0 Å². The van der Waals surface area contributed by atoms with Crippen LogP contribution in [0.2, 0.25) is 0 Å². The molecule has 3 heterocycles. The van der Waals surface area contributed by atoms with Gasteiger partial charge in [0.2, 0.25) is 0 Å². The third kappa shape index (κ3) is 4.92. The second-order valence-corrected chi connectivity index (χ2v) is 6.52. The molecule has 22 heavy (non-hydrogen) atoms. The molecule has 5 heteroatoms. The fourth-order valence-corrected chi connectivity index (χ4v) is 3.32. The maximum absolute atomic E-state index is 5.40. The van der Waals surface area contributed by atoms with Crippen molar-refractivity contribution in [2.45, 2.75) is 51.0 Å². The van der Waals surface area contributed by atoms with Gasteiger partial charge in [0.1, 0.15) is 12.1 Å². The van der Waals surface area contributed by atoms with Crippen molar-refractivity contribution >= 4 is 5.82 Å². The highest BCUT2D eigenvalue weighted by atomic mass is 16.5. The standard InChI is InChI=1S/C17H28N4O/c1-2-8-18-15(3-1)4-5-16-11-17(21-13-20-16)19-12-14-6-9-22-10-7-14/h11,13-15,18H,1-10,12H2,(H,19,20,21)/t15-/m1/s1. The minimum Gasteiger partial charge on any atom is -0.381 e. The number of nitrogens with zero attached hydrogens (tertiary/aromatic N) is 2. The summed E-state index contributed by atoms with van der Waals surface area (Å²) in [7, 11) is 0. The smallest absolute Gasteiger partial charge is 0.129 e. The summed E-state index contributed by atoms with van der Waals surface area (Å²) in [5, 5.41) is 7.07. The molecule has 122 valence electrons. The van der Waals surface area contributed by atoms with E-state index >= 15 is 0 Å². The molecular formula is C17H28N4O. The number of rotatable bonds is 6. The molecule has 0 aliphatic carbocycles. The first kappa shape index (κ1) is 15.7. The van der Waals surface area contributed by atoms with Crippen LogP contribution in [0.4, 0.5) is 5.82 Å². The molecule has 0 bridgehead atoms. The van der Waals surface area contributed by atoms with Crippen LogP contribution >= 0.6 is 0 Å². The van der Waals surface area contributed by atoms with Crippen LogP contribution in [0.3, 0.4) is 0 Å². The number of aryl methyl sites for hydroxylation is 1. The van der Waals surface area contributed by atoms with Gasteiger partial charge in [0.15, 0.2) is 0 Å². The molecule has 2 N–H and O–H groups in total. The average molecular weight is 304 g/mol. The van der Waals surface area contributed by atoms with E-state index in [1.807, 2.05) is 0 Å². The number of hydrogen-bond acceptors (Lipinski definition) is 5. The van der Waals surface area contributed by atoms with Crippen LogP contribution in [0.25, 0.3) is 0 Å². The van der Waals surface area contributed by atoms with E-state index in [1.54, 1.807) is 6.33 Å². The van der Waals surface area contributed by atoms with Crippen LogP contribution in [-0.2, 0) is 11.2 Å². The SMILES string of the molecule is c1nc(CC[C@H]2CCCCN2)cc(NCC2CCOCC2)n1. The molecule has 5 nitrogen and oxygen atoms in total. The van der Waals surface area contributed by atoms with Gasteiger partial charge >= 0.3 is 0 Å². The normalized spacial score (nSPS) is 23.4. The summed E-state index contributed by atoms with van der Waals surface area (Å²) in [5.41, 5.74) is 1.15. The average Bonchev–Trinajstić information content (AvgIpc) is 2.60. The van der Waals surface area contributed by atoms with E-state index < -0.39 is 0 Å². The van der Waals surface area contributed by atoms with Gasteiger partial charge in [0.25, 0.3) is 0 Å². The monoisotopic (exact) mass is 304 g/mol. The van der Waals surface area contributed by atoms with Gasteiger partial charge in [0, 0.05) is 37.6 Å². The van der Waals surface area contributed by atoms with Gasteiger partial charge in [-0.2, -0.15) is 0 Å². The Kier molecular flexibility index (Phi) is 6.02. The molecule has 0 spiro atoms. The first-order valence-electron chi connectivity index (χ1n) is 8.76. The molecule has 2 aliphatic heterocycles. The summed E-state index contributed by atoms with van der Waals surface area (Å²) in [5.74, 6) is 1.67. The summed E-state index contributed by atoms with van der Waals surface area (Å²) < 4.78 is 5.40. The molecule has 0 radical (unpaired) electrons. The maximum atomic E-state index is 5.40. The third-order valence-corrected chi connectivity index (χ3v) is 4.80. The first-order chi connectivity index (χ1) is 10.9. The molecule has 2 aliphatic rings. The van der Waals surface area contributed by atoms with Crippen molar-refractivity contribution in [3.8, 4) is 0 Å². The van der Waals surface area contributed by atoms with Crippen LogP contribution in [0.15, 0.2) is 12.4 Å². The van der Waals surface area contributed by atoms with Crippen molar-refractivity contribution in [1.29, 1.82) is 0 Å². The zero-order valence-electron chi connectivity index (χ0n) is 13.4. The predicted molar refractivity (Wildman–Crippen MR) is 88.0 cm³/mol. The number of piperidine rings is 1. The van der Waals surface area contributed by atoms with E-state index in [0.717, 1.165) is 50.5 Å². The molecule has 0 aromatic carbocycles. The predicted octanol–water partition coefficient (Wildman–Crippen LogP) is 2.39. The van der Waals surface area contributed by atoms with Crippen LogP contribution < -0.4 is 10.6 Å². The lowest BCUT2D eigenvalue weighted by atomic mass is 9.99. The van der Waals surface area contributed by atoms with Gasteiger partial charge in [-0.05, 0) is 51.0 Å². The molecule has 2 fully saturated rings. The molecule has 1 aromatic heterocycles. The number of anilines is 1. The Balaban J connectivity index is 1.44. The zero-order chi connectivity index (χ0) is 15.0. The van der Waals surface area contributed by atoms with Crippen LogP contribution in [0, 0.1) is 5.92 Å². The third-order valence-electron chi connectivity index (χ3n) is 4.80. The highest BCUT2D eigenvalue weighted by Crippen LogP contribution is 2.16. The summed E-state index contributed by atoms with van der Waals surface area (Å²) in [6.45, 7) is 3.96. The molecule has 0 amide bonds. The van der Waals surface area contributed by atoms with Crippen molar-refractivity contribution in [1.82, 2.24) is 15.3 Å². The van der Waals surface area contributed by atoms with E-state index in [1.165, 1.54) is 32.2 Å². The largest absolute Gasteiger partial charge is 0.381 e. The summed E-state index contributed by atoms with van der Waals surface area (Å²) in [6.07, 6.45) is 10.2. The number of ether oxygens (including phenoxy) is 1. The van der Waals surface area contributed by atoms with Gasteiger partial charge in [0.05, 0.1) is 0 Å². The fourth-order valence-electron chi connectivity index (χ4n) is 3.32. The molecule has 2 saturated heterocycles. The summed E-state index contributed by atoms with van der Waals surface area (Å²) in [4.78, 5) is 8.77. The van der Waals surface area contributed by atoms with E-state index in [-0.39, 0.29) is 0 Å². The second kappa shape index (κ2) is 8.44. The van der Waals surface area contributed by atoms with Crippen LogP contribution in [-0.4, -0.2) is 42.3 Å².